The molecular formula is C24H23N5O2S. The summed E-state index contributed by atoms with van der Waals surface area (Å²) in [4.78, 5) is 37.3. The van der Waals surface area contributed by atoms with Crippen molar-refractivity contribution < 1.29 is 11.6 Å². The second-order valence-electron chi connectivity index (χ2n) is 7.50. The average molecular weight is 451 g/mol. The molecule has 4 aromatic rings. The van der Waals surface area contributed by atoms with Gasteiger partial charge in [-0.25, -0.2) is 9.97 Å². The Morgan fingerprint density at radius 3 is 2.78 bits per heavy atom. The summed E-state index contributed by atoms with van der Waals surface area (Å²) >= 11 is 1.14. The van der Waals surface area contributed by atoms with Crippen molar-refractivity contribution in [3.8, 4) is 11.4 Å². The van der Waals surface area contributed by atoms with Crippen LogP contribution < -0.4 is 15.8 Å². The van der Waals surface area contributed by atoms with Crippen LogP contribution in [0.4, 0.5) is 5.13 Å². The third kappa shape index (κ3) is 3.78. The van der Waals surface area contributed by atoms with Gasteiger partial charge in [0.25, 0.3) is 5.56 Å². The van der Waals surface area contributed by atoms with E-state index in [9.17, 15) is 9.59 Å². The highest BCUT2D eigenvalue weighted by Gasteiger charge is 2.33. The first kappa shape index (κ1) is 15.3. The molecule has 0 saturated carbocycles. The van der Waals surface area contributed by atoms with Crippen LogP contribution in [0.2, 0.25) is 0 Å². The lowest BCUT2D eigenvalue weighted by molar-refractivity contribution is -0.122. The van der Waals surface area contributed by atoms with Gasteiger partial charge in [-0.05, 0) is 18.4 Å². The summed E-state index contributed by atoms with van der Waals surface area (Å²) in [5.41, 5.74) is 0.447. The van der Waals surface area contributed by atoms with Crippen molar-refractivity contribution >= 4 is 32.7 Å². The summed E-state index contributed by atoms with van der Waals surface area (Å²) in [7, 11) is 1.43. The molecule has 1 amide bonds. The minimum Gasteiger partial charge on any atom is -0.350 e. The predicted octanol–water partition coefficient (Wildman–Crippen LogP) is 3.34. The van der Waals surface area contributed by atoms with Crippen LogP contribution in [0.3, 0.4) is 0 Å². The van der Waals surface area contributed by atoms with Crippen molar-refractivity contribution in [1.29, 1.82) is 0 Å². The highest BCUT2D eigenvalue weighted by molar-refractivity contribution is 7.21. The Hall–Kier alpha value is -3.52. The summed E-state index contributed by atoms with van der Waals surface area (Å²) in [5.74, 6) is -0.162. The summed E-state index contributed by atoms with van der Waals surface area (Å²) in [6.07, 6.45) is 1.44. The Kier molecular flexibility index (Phi) is 4.09. The molecule has 0 aliphatic carbocycles. The average Bonchev–Trinajstić information content (AvgIpc) is 3.56. The van der Waals surface area contributed by atoms with E-state index in [1.165, 1.54) is 7.05 Å². The smallest absolute Gasteiger partial charge is 0.281 e. The lowest BCUT2D eigenvalue weighted by Gasteiger charge is -2.23. The van der Waals surface area contributed by atoms with Gasteiger partial charge in [-0.15, -0.1) is 0 Å². The first-order chi connectivity index (χ1) is 17.7. The Bertz CT molecular complexity index is 1560. The van der Waals surface area contributed by atoms with E-state index in [2.05, 4.69) is 15.3 Å². The van der Waals surface area contributed by atoms with Gasteiger partial charge in [-0.1, -0.05) is 71.9 Å². The molecule has 1 aliphatic heterocycles. The summed E-state index contributed by atoms with van der Waals surface area (Å²) in [5, 5.41) is 3.46. The number of benzene rings is 2. The van der Waals surface area contributed by atoms with Crippen LogP contribution in [0.5, 0.6) is 0 Å². The summed E-state index contributed by atoms with van der Waals surface area (Å²) in [6, 6.07) is 6.78. The molecule has 32 heavy (non-hydrogen) atoms. The van der Waals surface area contributed by atoms with Crippen LogP contribution in [0, 0.1) is 0 Å². The topological polar surface area (TPSA) is 80.1 Å². The fourth-order valence-electron chi connectivity index (χ4n) is 3.82. The molecule has 2 aromatic carbocycles. The van der Waals surface area contributed by atoms with Crippen LogP contribution in [-0.2, 0) is 18.4 Å². The Labute approximate surface area is 196 Å². The summed E-state index contributed by atoms with van der Waals surface area (Å²) < 4.78 is 41.4. The van der Waals surface area contributed by atoms with Crippen LogP contribution >= 0.6 is 11.3 Å². The largest absolute Gasteiger partial charge is 0.350 e. The van der Waals surface area contributed by atoms with E-state index in [1.807, 2.05) is 35.2 Å². The van der Waals surface area contributed by atoms with Crippen molar-refractivity contribution in [3.63, 3.8) is 0 Å². The molecule has 0 unspecified atom stereocenters. The number of carbonyl (C=O) groups is 1. The van der Waals surface area contributed by atoms with E-state index in [-0.39, 0.29) is 27.6 Å². The van der Waals surface area contributed by atoms with Gasteiger partial charge >= 0.3 is 0 Å². The van der Waals surface area contributed by atoms with Crippen LogP contribution in [-0.4, -0.2) is 33.0 Å². The first-order valence-electron chi connectivity index (χ1n) is 12.7. The molecular weight excluding hydrogens is 422 g/mol. The van der Waals surface area contributed by atoms with E-state index in [0.29, 0.717) is 24.6 Å². The number of thiazole rings is 1. The highest BCUT2D eigenvalue weighted by Crippen LogP contribution is 2.32. The number of nitrogens with one attached hydrogen (secondary N) is 1. The predicted molar refractivity (Wildman–Crippen MR) is 127 cm³/mol. The Morgan fingerprint density at radius 2 is 2.00 bits per heavy atom. The molecule has 1 fully saturated rings. The fourth-order valence-corrected chi connectivity index (χ4v) is 4.83. The molecule has 0 spiro atoms. The molecule has 1 N–H and O–H groups in total. The standard InChI is InChI=1S/C24H23N5O2S/c1-28-20(17-11-6-3-7-12-17)27-22-19(23(28)31)26-24(32-22)29-14-8-13-18(29)21(30)25-15-16-9-4-2-5-10-16/h2-7,9-12,18H,8,13-15H2,1H3,(H,25,30)/t18-/m1/s1/i3D,6D,7D,11D,12D. The molecule has 7 nitrogen and oxygen atoms in total. The Balaban J connectivity index is 1.51. The van der Waals surface area contributed by atoms with E-state index < -0.39 is 41.8 Å². The van der Waals surface area contributed by atoms with Crippen molar-refractivity contribution in [2.24, 2.45) is 7.05 Å². The first-order valence-corrected chi connectivity index (χ1v) is 11.0. The van der Waals surface area contributed by atoms with Gasteiger partial charge in [0, 0.05) is 25.7 Å². The molecule has 0 radical (unpaired) electrons. The monoisotopic (exact) mass is 450 g/mol. The molecule has 1 saturated heterocycles. The van der Waals surface area contributed by atoms with E-state index in [4.69, 9.17) is 6.85 Å². The fraction of sp³-hybridized carbons (Fsp3) is 0.250. The van der Waals surface area contributed by atoms with Crippen molar-refractivity contribution in [1.82, 2.24) is 19.9 Å². The normalized spacial score (nSPS) is 18.1. The zero-order valence-corrected chi connectivity index (χ0v) is 18.1. The van der Waals surface area contributed by atoms with E-state index >= 15 is 0 Å². The minimum atomic E-state index is -0.518. The van der Waals surface area contributed by atoms with Gasteiger partial charge in [0.05, 0.1) is 6.85 Å². The van der Waals surface area contributed by atoms with Crippen LogP contribution in [0.15, 0.2) is 65.3 Å². The highest BCUT2D eigenvalue weighted by atomic mass is 32.1. The zero-order chi connectivity index (χ0) is 26.4. The van der Waals surface area contributed by atoms with Gasteiger partial charge in [0.2, 0.25) is 5.91 Å². The minimum absolute atomic E-state index is 0.0386. The number of anilines is 1. The molecule has 162 valence electrons. The maximum Gasteiger partial charge on any atom is 0.281 e. The van der Waals surface area contributed by atoms with Gasteiger partial charge in [-0.3, -0.25) is 14.2 Å². The third-order valence-electron chi connectivity index (χ3n) is 5.46. The summed E-state index contributed by atoms with van der Waals surface area (Å²) in [6.45, 7) is 1.01. The number of hydrogen-bond acceptors (Lipinski definition) is 6. The molecule has 3 heterocycles. The lowest BCUT2D eigenvalue weighted by atomic mass is 10.2. The van der Waals surface area contributed by atoms with Gasteiger partial charge in [-0.2, -0.15) is 0 Å². The molecule has 1 aliphatic rings. The SMILES string of the molecule is [2H]c1c([2H])c([2H])c(-c2nc3sc(N4CCC[C@@H]4C(=O)NCc4ccccc4)nc3c(=O)n2C)c([2H])c1[2H]. The van der Waals surface area contributed by atoms with Crippen LogP contribution in [0.1, 0.15) is 25.3 Å². The number of carbonyl (C=O) groups excluding carboxylic acids is 1. The quantitative estimate of drug-likeness (QED) is 0.504. The second kappa shape index (κ2) is 8.55. The van der Waals surface area contributed by atoms with Crippen molar-refractivity contribution in [2.75, 3.05) is 11.4 Å². The van der Waals surface area contributed by atoms with Crippen molar-refractivity contribution in [2.45, 2.75) is 25.4 Å². The van der Waals surface area contributed by atoms with Crippen LogP contribution in [0.25, 0.3) is 21.7 Å². The zero-order valence-electron chi connectivity index (χ0n) is 22.3. The van der Waals surface area contributed by atoms with Gasteiger partial charge < -0.3 is 10.2 Å². The van der Waals surface area contributed by atoms with Gasteiger partial charge in [0.15, 0.2) is 15.5 Å². The molecule has 5 rings (SSSR count). The lowest BCUT2D eigenvalue weighted by Crippen LogP contribution is -2.43. The van der Waals surface area contributed by atoms with Gasteiger partial charge in [0.1, 0.15) is 11.9 Å². The molecule has 2 aromatic heterocycles. The number of aromatic nitrogens is 3. The number of nitrogens with zero attached hydrogens (tertiary/aromatic N) is 4. The Morgan fingerprint density at radius 1 is 1.22 bits per heavy atom. The number of fused-ring (bicyclic) bond motifs is 1. The molecule has 1 atom stereocenters. The second-order valence-corrected chi connectivity index (χ2v) is 8.46. The third-order valence-corrected chi connectivity index (χ3v) is 6.45. The van der Waals surface area contributed by atoms with Crippen molar-refractivity contribution in [3.05, 3.63) is 76.5 Å². The number of amides is 1. The maximum absolute atomic E-state index is 13.2. The number of hydrogen-bond donors (Lipinski definition) is 1. The maximum atomic E-state index is 13.2. The molecule has 8 heteroatoms. The van der Waals surface area contributed by atoms with E-state index in [0.717, 1.165) is 27.9 Å². The number of rotatable bonds is 5. The molecule has 0 bridgehead atoms. The van der Waals surface area contributed by atoms with E-state index in [1.54, 1.807) is 0 Å².